The highest BCUT2D eigenvalue weighted by molar-refractivity contribution is 7.89. The Kier molecular flexibility index (Phi) is 5.68. The minimum Gasteiger partial charge on any atom is -0.495 e. The fourth-order valence-corrected chi connectivity index (χ4v) is 2.33. The minimum absolute atomic E-state index is 0.00599. The lowest BCUT2D eigenvalue weighted by Crippen LogP contribution is -2.25. The first-order valence-corrected chi connectivity index (χ1v) is 7.33. The lowest BCUT2D eigenvalue weighted by Gasteiger charge is -2.10. The fraction of sp³-hybridized carbons (Fsp3) is 0.333. The molecule has 0 unspecified atom stereocenters. The van der Waals surface area contributed by atoms with Crippen molar-refractivity contribution < 1.29 is 27.5 Å². The van der Waals surface area contributed by atoms with Crippen molar-refractivity contribution in [3.8, 4) is 5.75 Å². The Morgan fingerprint density at radius 3 is 2.43 bits per heavy atom. The fourth-order valence-electron chi connectivity index (χ4n) is 1.41. The summed E-state index contributed by atoms with van der Waals surface area (Å²) in [7, 11) is 0.163. The van der Waals surface area contributed by atoms with E-state index in [1.807, 2.05) is 0 Å². The van der Waals surface area contributed by atoms with Gasteiger partial charge in [-0.1, -0.05) is 0 Å². The molecular formula is C12H16N2O6S. The third-order valence-corrected chi connectivity index (χ3v) is 4.01. The smallest absolute Gasteiger partial charge is 0.338 e. The first kappa shape index (κ1) is 16.9. The molecule has 8 nitrogen and oxygen atoms in total. The summed E-state index contributed by atoms with van der Waals surface area (Å²) in [5, 5.41) is 2.29. The predicted octanol–water partition coefficient (Wildman–Crippen LogP) is -0.494. The molecular weight excluding hydrogens is 300 g/mol. The molecule has 2 N–H and O–H groups in total. The van der Waals surface area contributed by atoms with E-state index in [2.05, 4.69) is 10.0 Å². The van der Waals surface area contributed by atoms with Gasteiger partial charge in [-0.05, 0) is 25.2 Å². The lowest BCUT2D eigenvalue weighted by molar-refractivity contribution is -0.123. The average molecular weight is 316 g/mol. The van der Waals surface area contributed by atoms with E-state index in [4.69, 9.17) is 9.47 Å². The second-order valence-electron chi connectivity index (χ2n) is 3.82. The van der Waals surface area contributed by atoms with Crippen molar-refractivity contribution in [3.05, 3.63) is 23.8 Å². The number of likely N-dealkylation sites (N-methyl/N-ethyl adjacent to an activating group) is 1. The topological polar surface area (TPSA) is 111 Å². The Balaban J connectivity index is 3.08. The molecule has 0 spiro atoms. The Labute approximate surface area is 122 Å². The summed E-state index contributed by atoms with van der Waals surface area (Å²) >= 11 is 0. The Bertz CT molecular complexity index is 641. The van der Waals surface area contributed by atoms with Crippen molar-refractivity contribution in [1.29, 1.82) is 0 Å². The van der Waals surface area contributed by atoms with E-state index in [1.165, 1.54) is 33.3 Å². The molecule has 0 saturated heterocycles. The van der Waals surface area contributed by atoms with Gasteiger partial charge in [0, 0.05) is 7.05 Å². The zero-order valence-corrected chi connectivity index (χ0v) is 12.6. The molecule has 0 saturated carbocycles. The van der Waals surface area contributed by atoms with Gasteiger partial charge in [0.25, 0.3) is 5.91 Å². The van der Waals surface area contributed by atoms with Crippen LogP contribution in [0.3, 0.4) is 0 Å². The van der Waals surface area contributed by atoms with Crippen molar-refractivity contribution in [2.24, 2.45) is 0 Å². The number of carbonyl (C=O) groups is 2. The molecule has 1 amide bonds. The van der Waals surface area contributed by atoms with Gasteiger partial charge in [0.15, 0.2) is 6.61 Å². The highest BCUT2D eigenvalue weighted by Crippen LogP contribution is 2.24. The molecule has 0 bridgehead atoms. The number of sulfonamides is 1. The van der Waals surface area contributed by atoms with Crippen LogP contribution < -0.4 is 14.8 Å². The van der Waals surface area contributed by atoms with Crippen molar-refractivity contribution in [1.82, 2.24) is 10.0 Å². The maximum Gasteiger partial charge on any atom is 0.338 e. The van der Waals surface area contributed by atoms with E-state index in [9.17, 15) is 18.0 Å². The second kappa shape index (κ2) is 7.04. The summed E-state index contributed by atoms with van der Waals surface area (Å²) in [6.07, 6.45) is 0. The number of rotatable bonds is 6. The minimum atomic E-state index is -3.79. The summed E-state index contributed by atoms with van der Waals surface area (Å²) in [4.78, 5) is 22.6. The van der Waals surface area contributed by atoms with E-state index in [0.29, 0.717) is 0 Å². The van der Waals surface area contributed by atoms with Gasteiger partial charge in [0.2, 0.25) is 10.0 Å². The molecule has 0 heterocycles. The maximum absolute atomic E-state index is 11.9. The first-order valence-electron chi connectivity index (χ1n) is 5.85. The second-order valence-corrected chi connectivity index (χ2v) is 5.68. The first-order chi connectivity index (χ1) is 9.85. The Morgan fingerprint density at radius 2 is 1.90 bits per heavy atom. The molecule has 0 aliphatic heterocycles. The third-order valence-electron chi connectivity index (χ3n) is 2.57. The standard InChI is InChI=1S/C12H16N2O6S/c1-13-11(15)7-20-12(16)8-4-5-9(19-3)10(6-8)21(17,18)14-2/h4-6,14H,7H2,1-3H3,(H,13,15). The van der Waals surface area contributed by atoms with Crippen molar-refractivity contribution in [2.45, 2.75) is 4.90 Å². The quantitative estimate of drug-likeness (QED) is 0.685. The number of ether oxygens (including phenoxy) is 2. The number of nitrogens with one attached hydrogen (secondary N) is 2. The number of hydrogen-bond acceptors (Lipinski definition) is 6. The summed E-state index contributed by atoms with van der Waals surface area (Å²) in [6.45, 7) is -0.449. The monoisotopic (exact) mass is 316 g/mol. The molecule has 0 fully saturated rings. The van der Waals surface area contributed by atoms with Crippen LogP contribution >= 0.6 is 0 Å². The lowest BCUT2D eigenvalue weighted by atomic mass is 10.2. The maximum atomic E-state index is 11.9. The van der Waals surface area contributed by atoms with Crippen LogP contribution in [-0.4, -0.2) is 48.1 Å². The largest absolute Gasteiger partial charge is 0.495 e. The Morgan fingerprint density at radius 1 is 1.24 bits per heavy atom. The molecule has 0 aromatic heterocycles. The van der Waals surface area contributed by atoms with Crippen LogP contribution in [0.4, 0.5) is 0 Å². The summed E-state index contributed by atoms with van der Waals surface area (Å²) in [5.41, 5.74) is -0.00599. The summed E-state index contributed by atoms with van der Waals surface area (Å²) < 4.78 is 35.6. The van der Waals surface area contributed by atoms with E-state index in [1.54, 1.807) is 0 Å². The van der Waals surface area contributed by atoms with Gasteiger partial charge in [-0.15, -0.1) is 0 Å². The summed E-state index contributed by atoms with van der Waals surface area (Å²) in [6, 6.07) is 3.80. The molecule has 0 atom stereocenters. The molecule has 9 heteroatoms. The number of hydrogen-bond donors (Lipinski definition) is 2. The van der Waals surface area contributed by atoms with E-state index in [0.717, 1.165) is 6.07 Å². The van der Waals surface area contributed by atoms with Crippen molar-refractivity contribution in [3.63, 3.8) is 0 Å². The van der Waals surface area contributed by atoms with Crippen LogP contribution in [0.5, 0.6) is 5.75 Å². The highest BCUT2D eigenvalue weighted by atomic mass is 32.2. The molecule has 0 aliphatic rings. The number of methoxy groups -OCH3 is 1. The SMILES string of the molecule is CNC(=O)COC(=O)c1ccc(OC)c(S(=O)(=O)NC)c1. The molecule has 1 aromatic carbocycles. The van der Waals surface area contributed by atoms with Crippen LogP contribution in [-0.2, 0) is 19.6 Å². The molecule has 21 heavy (non-hydrogen) atoms. The van der Waals surface area contributed by atoms with E-state index >= 15 is 0 Å². The molecule has 0 aliphatic carbocycles. The zero-order valence-electron chi connectivity index (χ0n) is 11.8. The van der Waals surface area contributed by atoms with E-state index < -0.39 is 28.5 Å². The molecule has 1 aromatic rings. The number of benzene rings is 1. The average Bonchev–Trinajstić information content (AvgIpc) is 2.51. The highest BCUT2D eigenvalue weighted by Gasteiger charge is 2.20. The van der Waals surface area contributed by atoms with Gasteiger partial charge < -0.3 is 14.8 Å². The van der Waals surface area contributed by atoms with Crippen molar-refractivity contribution in [2.75, 3.05) is 27.8 Å². The Hall–Kier alpha value is -2.13. The number of carbonyl (C=O) groups excluding carboxylic acids is 2. The molecule has 0 radical (unpaired) electrons. The number of amides is 1. The van der Waals surface area contributed by atoms with Gasteiger partial charge in [-0.2, -0.15) is 0 Å². The zero-order chi connectivity index (χ0) is 16.0. The van der Waals surface area contributed by atoms with Crippen LogP contribution in [0, 0.1) is 0 Å². The van der Waals surface area contributed by atoms with Crippen molar-refractivity contribution >= 4 is 21.9 Å². The van der Waals surface area contributed by atoms with Crippen LogP contribution in [0.2, 0.25) is 0 Å². The molecule has 116 valence electrons. The summed E-state index contributed by atoms with van der Waals surface area (Å²) in [5.74, 6) is -1.19. The third kappa shape index (κ3) is 4.17. The van der Waals surface area contributed by atoms with Gasteiger partial charge in [0.05, 0.1) is 12.7 Å². The number of esters is 1. The van der Waals surface area contributed by atoms with E-state index in [-0.39, 0.29) is 16.2 Å². The normalized spacial score (nSPS) is 10.8. The predicted molar refractivity (Wildman–Crippen MR) is 73.6 cm³/mol. The van der Waals surface area contributed by atoms with Gasteiger partial charge in [-0.3, -0.25) is 4.79 Å². The van der Waals surface area contributed by atoms with Gasteiger partial charge >= 0.3 is 5.97 Å². The van der Waals surface area contributed by atoms with Crippen LogP contribution in [0.25, 0.3) is 0 Å². The van der Waals surface area contributed by atoms with Gasteiger partial charge in [-0.25, -0.2) is 17.9 Å². The van der Waals surface area contributed by atoms with Crippen LogP contribution in [0.15, 0.2) is 23.1 Å². The molecule has 1 rings (SSSR count). The van der Waals surface area contributed by atoms with Gasteiger partial charge in [0.1, 0.15) is 10.6 Å². The van der Waals surface area contributed by atoms with Crippen LogP contribution in [0.1, 0.15) is 10.4 Å².